The van der Waals surface area contributed by atoms with E-state index in [4.69, 9.17) is 14.5 Å². The highest BCUT2D eigenvalue weighted by atomic mass is 127. The molecular weight excluding hydrogens is 493 g/mol. The van der Waals surface area contributed by atoms with E-state index in [1.807, 2.05) is 36.3 Å². The molecule has 1 unspecified atom stereocenters. The number of aryl methyl sites for hydroxylation is 1. The number of aliphatic imine (C=N–C) groups is 1. The van der Waals surface area contributed by atoms with Crippen molar-refractivity contribution in [3.63, 3.8) is 0 Å². The molecule has 1 aliphatic rings. The summed E-state index contributed by atoms with van der Waals surface area (Å²) in [4.78, 5) is 7.27. The minimum atomic E-state index is -0.107. The first kappa shape index (κ1) is 24.5. The van der Waals surface area contributed by atoms with Gasteiger partial charge in [-0.3, -0.25) is 9.67 Å². The molecule has 1 N–H and O–H groups in total. The lowest BCUT2D eigenvalue weighted by Gasteiger charge is -2.35. The Morgan fingerprint density at radius 2 is 2.20 bits per heavy atom. The number of benzene rings is 1. The maximum atomic E-state index is 5.98. The fraction of sp³-hybridized carbons (Fsp3) is 0.545. The third kappa shape index (κ3) is 6.10. The molecule has 0 radical (unpaired) electrons. The van der Waals surface area contributed by atoms with Crippen molar-refractivity contribution in [2.75, 3.05) is 39.9 Å². The van der Waals surface area contributed by atoms with E-state index in [0.717, 1.165) is 36.9 Å². The van der Waals surface area contributed by atoms with Crippen LogP contribution in [-0.4, -0.2) is 60.5 Å². The van der Waals surface area contributed by atoms with Gasteiger partial charge in [0.15, 0.2) is 5.96 Å². The van der Waals surface area contributed by atoms with Crippen molar-refractivity contribution < 1.29 is 9.47 Å². The Morgan fingerprint density at radius 3 is 2.87 bits per heavy atom. The van der Waals surface area contributed by atoms with Crippen LogP contribution in [0.1, 0.15) is 38.0 Å². The Morgan fingerprint density at radius 1 is 1.40 bits per heavy atom. The quantitative estimate of drug-likeness (QED) is 0.355. The first-order chi connectivity index (χ1) is 13.9. The molecule has 1 atom stereocenters. The van der Waals surface area contributed by atoms with Crippen LogP contribution in [0.5, 0.6) is 5.75 Å². The second-order valence-corrected chi connectivity index (χ2v) is 8.04. The van der Waals surface area contributed by atoms with Crippen LogP contribution in [-0.2, 0) is 17.2 Å². The Balaban J connectivity index is 0.00000320. The SMILES string of the molecule is CCNC(=NCC(C)(C)c1cccc(OC)c1)N1CCOC(c2cnn(C)c2)C1.I. The third-order valence-corrected chi connectivity index (χ3v) is 5.27. The second kappa shape index (κ2) is 11.0. The molecule has 0 saturated carbocycles. The molecule has 0 amide bonds. The zero-order valence-corrected chi connectivity index (χ0v) is 20.9. The highest BCUT2D eigenvalue weighted by Gasteiger charge is 2.26. The predicted molar refractivity (Wildman–Crippen MR) is 131 cm³/mol. The predicted octanol–water partition coefficient (Wildman–Crippen LogP) is 3.36. The highest BCUT2D eigenvalue weighted by molar-refractivity contribution is 14.0. The fourth-order valence-electron chi connectivity index (χ4n) is 3.48. The van der Waals surface area contributed by atoms with Gasteiger partial charge >= 0.3 is 0 Å². The van der Waals surface area contributed by atoms with Gasteiger partial charge < -0.3 is 19.7 Å². The van der Waals surface area contributed by atoms with E-state index in [9.17, 15) is 0 Å². The van der Waals surface area contributed by atoms with Crippen LogP contribution in [0, 0.1) is 0 Å². The molecule has 2 heterocycles. The molecule has 1 aromatic heterocycles. The molecule has 166 valence electrons. The van der Waals surface area contributed by atoms with Gasteiger partial charge in [0, 0.05) is 37.3 Å². The number of morpholine rings is 1. The van der Waals surface area contributed by atoms with Crippen LogP contribution < -0.4 is 10.1 Å². The van der Waals surface area contributed by atoms with Gasteiger partial charge in [0.25, 0.3) is 0 Å². The molecule has 0 spiro atoms. The van der Waals surface area contributed by atoms with Gasteiger partial charge in [-0.05, 0) is 24.6 Å². The molecule has 1 aromatic carbocycles. The van der Waals surface area contributed by atoms with Gasteiger partial charge in [-0.15, -0.1) is 24.0 Å². The summed E-state index contributed by atoms with van der Waals surface area (Å²) in [5, 5.41) is 7.73. The van der Waals surface area contributed by atoms with E-state index >= 15 is 0 Å². The molecule has 8 heteroatoms. The number of nitrogens with one attached hydrogen (secondary N) is 1. The largest absolute Gasteiger partial charge is 0.497 e. The van der Waals surface area contributed by atoms with Crippen molar-refractivity contribution in [3.05, 3.63) is 47.8 Å². The normalized spacial score (nSPS) is 17.4. The number of nitrogens with zero attached hydrogens (tertiary/aromatic N) is 4. The van der Waals surface area contributed by atoms with E-state index in [1.165, 1.54) is 5.56 Å². The monoisotopic (exact) mass is 527 g/mol. The summed E-state index contributed by atoms with van der Waals surface area (Å²) in [5.74, 6) is 1.81. The maximum absolute atomic E-state index is 5.98. The third-order valence-electron chi connectivity index (χ3n) is 5.27. The number of ether oxygens (including phenoxy) is 2. The van der Waals surface area contributed by atoms with Gasteiger partial charge in [-0.1, -0.05) is 26.0 Å². The molecule has 0 aliphatic carbocycles. The molecule has 0 bridgehead atoms. The lowest BCUT2D eigenvalue weighted by Crippen LogP contribution is -2.48. The van der Waals surface area contributed by atoms with Crippen LogP contribution >= 0.6 is 24.0 Å². The van der Waals surface area contributed by atoms with Crippen molar-refractivity contribution in [1.82, 2.24) is 20.0 Å². The molecule has 7 nitrogen and oxygen atoms in total. The van der Waals surface area contributed by atoms with E-state index < -0.39 is 0 Å². The number of halogens is 1. The van der Waals surface area contributed by atoms with Gasteiger partial charge in [0.05, 0.1) is 33.0 Å². The maximum Gasteiger partial charge on any atom is 0.194 e. The van der Waals surface area contributed by atoms with Crippen LogP contribution in [0.3, 0.4) is 0 Å². The first-order valence-corrected chi connectivity index (χ1v) is 10.2. The van der Waals surface area contributed by atoms with Crippen LogP contribution in [0.2, 0.25) is 0 Å². The highest BCUT2D eigenvalue weighted by Crippen LogP contribution is 2.27. The van der Waals surface area contributed by atoms with E-state index in [-0.39, 0.29) is 35.5 Å². The summed E-state index contributed by atoms with van der Waals surface area (Å²) in [5.41, 5.74) is 2.21. The number of hydrogen-bond acceptors (Lipinski definition) is 4. The zero-order valence-electron chi connectivity index (χ0n) is 18.6. The first-order valence-electron chi connectivity index (χ1n) is 10.2. The van der Waals surface area contributed by atoms with Crippen LogP contribution in [0.25, 0.3) is 0 Å². The van der Waals surface area contributed by atoms with Crippen molar-refractivity contribution in [2.24, 2.45) is 12.0 Å². The van der Waals surface area contributed by atoms with Gasteiger partial charge in [-0.25, -0.2) is 0 Å². The summed E-state index contributed by atoms with van der Waals surface area (Å²) >= 11 is 0. The van der Waals surface area contributed by atoms with Gasteiger partial charge in [0.2, 0.25) is 0 Å². The lowest BCUT2D eigenvalue weighted by atomic mass is 9.84. The number of hydrogen-bond donors (Lipinski definition) is 1. The summed E-state index contributed by atoms with van der Waals surface area (Å²) < 4.78 is 13.2. The van der Waals surface area contributed by atoms with Gasteiger partial charge in [-0.2, -0.15) is 5.10 Å². The number of rotatable bonds is 6. The van der Waals surface area contributed by atoms with Crippen molar-refractivity contribution >= 4 is 29.9 Å². The fourth-order valence-corrected chi connectivity index (χ4v) is 3.48. The summed E-state index contributed by atoms with van der Waals surface area (Å²) in [7, 11) is 3.63. The smallest absolute Gasteiger partial charge is 0.194 e. The number of methoxy groups -OCH3 is 1. The number of guanidine groups is 1. The summed E-state index contributed by atoms with van der Waals surface area (Å²) in [6, 6.07) is 8.23. The molecule has 3 rings (SSSR count). The van der Waals surface area contributed by atoms with Gasteiger partial charge in [0.1, 0.15) is 11.9 Å². The van der Waals surface area contributed by atoms with Crippen LogP contribution in [0.4, 0.5) is 0 Å². The number of aromatic nitrogens is 2. The zero-order chi connectivity index (χ0) is 20.9. The molecule has 1 aliphatic heterocycles. The summed E-state index contributed by atoms with van der Waals surface area (Å²) in [6.07, 6.45) is 3.90. The average Bonchev–Trinajstić information content (AvgIpc) is 3.17. The standard InChI is InChI=1S/C22H33N5O2.HI/c1-6-23-21(24-16-22(2,3)18-8-7-9-19(12-18)28-5)27-10-11-29-20(15-27)17-13-25-26(4)14-17;/h7-9,12-14,20H,6,10-11,15-16H2,1-5H3,(H,23,24);1H. The van der Waals surface area contributed by atoms with Crippen LogP contribution in [0.15, 0.2) is 41.7 Å². The second-order valence-electron chi connectivity index (χ2n) is 8.04. The molecule has 2 aromatic rings. The summed E-state index contributed by atoms with van der Waals surface area (Å²) in [6.45, 7) is 10.3. The van der Waals surface area contributed by atoms with Crippen molar-refractivity contribution in [2.45, 2.75) is 32.3 Å². The molecular formula is C22H34IN5O2. The minimum Gasteiger partial charge on any atom is -0.497 e. The Kier molecular flexibility index (Phi) is 8.96. The average molecular weight is 527 g/mol. The Labute approximate surface area is 196 Å². The van der Waals surface area contributed by atoms with E-state index in [0.29, 0.717) is 13.2 Å². The molecule has 1 fully saturated rings. The van der Waals surface area contributed by atoms with E-state index in [2.05, 4.69) is 48.2 Å². The molecule has 30 heavy (non-hydrogen) atoms. The van der Waals surface area contributed by atoms with E-state index in [1.54, 1.807) is 7.11 Å². The minimum absolute atomic E-state index is 0. The Bertz CT molecular complexity index is 836. The topological polar surface area (TPSA) is 63.9 Å². The van der Waals surface area contributed by atoms with Crippen molar-refractivity contribution in [3.8, 4) is 5.75 Å². The lowest BCUT2D eigenvalue weighted by molar-refractivity contribution is -0.00806. The Hall–Kier alpha value is -1.81. The molecule has 1 saturated heterocycles. The van der Waals surface area contributed by atoms with Crippen molar-refractivity contribution in [1.29, 1.82) is 0 Å².